The number of anilines is 1. The zero-order chi connectivity index (χ0) is 20.8. The zero-order valence-corrected chi connectivity index (χ0v) is 17.2. The Hall–Kier alpha value is -2.62. The van der Waals surface area contributed by atoms with Gasteiger partial charge in [0.25, 0.3) is 5.69 Å². The standard InChI is InChI=1S/C19H19ClN4O4S/c1-28-10-9-23-16-7-6-13(20)12-15(16)22-19(23)29-11-8-18(25)21-14-4-2-3-5-17(14)24(26)27/h2-7,12H,8-11H2,1H3,(H,21,25). The van der Waals surface area contributed by atoms with E-state index in [1.807, 2.05) is 16.7 Å². The fourth-order valence-corrected chi connectivity index (χ4v) is 3.92. The Balaban J connectivity index is 1.66. The van der Waals surface area contributed by atoms with Crippen LogP contribution in [0.1, 0.15) is 6.42 Å². The van der Waals surface area contributed by atoms with E-state index < -0.39 is 4.92 Å². The van der Waals surface area contributed by atoms with Gasteiger partial charge in [-0.15, -0.1) is 0 Å². The number of nitrogens with one attached hydrogen (secondary N) is 1. The van der Waals surface area contributed by atoms with Crippen LogP contribution < -0.4 is 5.32 Å². The van der Waals surface area contributed by atoms with Crippen molar-refractivity contribution in [2.24, 2.45) is 0 Å². The van der Waals surface area contributed by atoms with Crippen molar-refractivity contribution in [1.82, 2.24) is 9.55 Å². The Morgan fingerprint density at radius 2 is 2.14 bits per heavy atom. The largest absolute Gasteiger partial charge is 0.383 e. The third-order valence-corrected chi connectivity index (χ3v) is 5.34. The Kier molecular flexibility index (Phi) is 7.08. The van der Waals surface area contributed by atoms with Crippen molar-refractivity contribution >= 4 is 51.7 Å². The van der Waals surface area contributed by atoms with E-state index in [2.05, 4.69) is 10.3 Å². The number of carbonyl (C=O) groups excluding carboxylic acids is 1. The van der Waals surface area contributed by atoms with Crippen LogP contribution in [0.3, 0.4) is 0 Å². The van der Waals surface area contributed by atoms with Gasteiger partial charge in [-0.2, -0.15) is 0 Å². The molecule has 0 saturated carbocycles. The first kappa shape index (κ1) is 21.1. The molecule has 1 aromatic heterocycles. The lowest BCUT2D eigenvalue weighted by Crippen LogP contribution is -2.13. The molecule has 3 aromatic rings. The number of para-hydroxylation sites is 2. The maximum absolute atomic E-state index is 12.2. The molecule has 0 saturated heterocycles. The maximum atomic E-state index is 12.2. The van der Waals surface area contributed by atoms with Crippen LogP contribution in [-0.4, -0.2) is 39.9 Å². The van der Waals surface area contributed by atoms with Gasteiger partial charge in [-0.05, 0) is 24.3 Å². The molecule has 0 atom stereocenters. The highest BCUT2D eigenvalue weighted by atomic mass is 35.5. The monoisotopic (exact) mass is 434 g/mol. The van der Waals surface area contributed by atoms with Crippen molar-refractivity contribution in [2.75, 3.05) is 24.8 Å². The molecular formula is C19H19ClN4O4S. The summed E-state index contributed by atoms with van der Waals surface area (Å²) in [4.78, 5) is 27.4. The lowest BCUT2D eigenvalue weighted by molar-refractivity contribution is -0.383. The molecule has 0 aliphatic rings. The second kappa shape index (κ2) is 9.73. The second-order valence-electron chi connectivity index (χ2n) is 6.09. The number of nitrogens with zero attached hydrogens (tertiary/aromatic N) is 3. The number of aromatic nitrogens is 2. The molecule has 152 valence electrons. The van der Waals surface area contributed by atoms with E-state index in [0.717, 1.165) is 16.2 Å². The quantitative estimate of drug-likeness (QED) is 0.305. The summed E-state index contributed by atoms with van der Waals surface area (Å²) in [5, 5.41) is 15.0. The molecule has 10 heteroatoms. The molecule has 3 rings (SSSR count). The zero-order valence-electron chi connectivity index (χ0n) is 15.6. The van der Waals surface area contributed by atoms with E-state index in [1.165, 1.54) is 23.9 Å². The van der Waals surface area contributed by atoms with Gasteiger partial charge in [0.15, 0.2) is 5.16 Å². The number of ether oxygens (including phenoxy) is 1. The highest BCUT2D eigenvalue weighted by molar-refractivity contribution is 7.99. The average molecular weight is 435 g/mol. The van der Waals surface area contributed by atoms with Crippen molar-refractivity contribution in [3.8, 4) is 0 Å². The number of halogens is 1. The third-order valence-electron chi connectivity index (χ3n) is 4.13. The molecule has 1 heterocycles. The molecule has 0 unspecified atom stereocenters. The number of hydrogen-bond donors (Lipinski definition) is 1. The van der Waals surface area contributed by atoms with E-state index >= 15 is 0 Å². The maximum Gasteiger partial charge on any atom is 0.292 e. The average Bonchev–Trinajstić information content (AvgIpc) is 3.02. The van der Waals surface area contributed by atoms with E-state index in [0.29, 0.717) is 23.9 Å². The molecule has 1 N–H and O–H groups in total. The predicted octanol–water partition coefficient (Wildman–Crippen LogP) is 4.37. The van der Waals surface area contributed by atoms with Crippen molar-refractivity contribution in [3.05, 3.63) is 57.6 Å². The number of nitro benzene ring substituents is 1. The minimum atomic E-state index is -0.520. The van der Waals surface area contributed by atoms with E-state index in [9.17, 15) is 14.9 Å². The molecule has 29 heavy (non-hydrogen) atoms. The van der Waals surface area contributed by atoms with Crippen LogP contribution in [0.2, 0.25) is 5.02 Å². The van der Waals surface area contributed by atoms with Crippen molar-refractivity contribution in [3.63, 3.8) is 0 Å². The Morgan fingerprint density at radius 1 is 1.34 bits per heavy atom. The smallest absolute Gasteiger partial charge is 0.292 e. The number of imidazole rings is 1. The van der Waals surface area contributed by atoms with Crippen LogP contribution in [0.15, 0.2) is 47.6 Å². The van der Waals surface area contributed by atoms with Gasteiger partial charge in [0, 0.05) is 36.9 Å². The van der Waals surface area contributed by atoms with E-state index in [-0.39, 0.29) is 23.7 Å². The van der Waals surface area contributed by atoms with E-state index in [1.54, 1.807) is 25.3 Å². The summed E-state index contributed by atoms with van der Waals surface area (Å²) in [5.41, 5.74) is 1.78. The van der Waals surface area contributed by atoms with Gasteiger partial charge in [-0.3, -0.25) is 14.9 Å². The van der Waals surface area contributed by atoms with Gasteiger partial charge in [-0.25, -0.2) is 4.98 Å². The number of methoxy groups -OCH3 is 1. The molecule has 0 spiro atoms. The van der Waals surface area contributed by atoms with Gasteiger partial charge >= 0.3 is 0 Å². The Bertz CT molecular complexity index is 1040. The third kappa shape index (κ3) is 5.26. The van der Waals surface area contributed by atoms with Crippen molar-refractivity contribution in [1.29, 1.82) is 0 Å². The summed E-state index contributed by atoms with van der Waals surface area (Å²) < 4.78 is 7.21. The molecule has 0 bridgehead atoms. The minimum absolute atomic E-state index is 0.133. The van der Waals surface area contributed by atoms with Crippen LogP contribution in [0, 0.1) is 10.1 Å². The number of benzene rings is 2. The van der Waals surface area contributed by atoms with Gasteiger partial charge in [0.1, 0.15) is 5.69 Å². The van der Waals surface area contributed by atoms with E-state index in [4.69, 9.17) is 16.3 Å². The molecule has 0 aliphatic carbocycles. The highest BCUT2D eigenvalue weighted by Crippen LogP contribution is 2.27. The van der Waals surface area contributed by atoms with Crippen LogP contribution in [-0.2, 0) is 16.1 Å². The molecule has 2 aromatic carbocycles. The highest BCUT2D eigenvalue weighted by Gasteiger charge is 2.16. The molecule has 1 amide bonds. The summed E-state index contributed by atoms with van der Waals surface area (Å²) in [7, 11) is 1.63. The molecule has 0 radical (unpaired) electrons. The van der Waals surface area contributed by atoms with Gasteiger partial charge < -0.3 is 14.6 Å². The summed E-state index contributed by atoms with van der Waals surface area (Å²) in [6.07, 6.45) is 0.185. The fourth-order valence-electron chi connectivity index (χ4n) is 2.78. The second-order valence-corrected chi connectivity index (χ2v) is 7.59. The summed E-state index contributed by atoms with van der Waals surface area (Å²) in [6.45, 7) is 1.15. The van der Waals surface area contributed by atoms with Gasteiger partial charge in [0.2, 0.25) is 5.91 Å². The first-order valence-corrected chi connectivity index (χ1v) is 10.2. The molecule has 8 nitrogen and oxygen atoms in total. The number of nitro groups is 1. The molecule has 0 aliphatic heterocycles. The SMILES string of the molecule is COCCn1c(SCCC(=O)Nc2ccccc2[N+](=O)[O-])nc2cc(Cl)ccc21. The van der Waals surface area contributed by atoms with Crippen molar-refractivity contribution < 1.29 is 14.5 Å². The number of thioether (sulfide) groups is 1. The predicted molar refractivity (Wildman–Crippen MR) is 114 cm³/mol. The van der Waals surface area contributed by atoms with Crippen LogP contribution in [0.5, 0.6) is 0 Å². The van der Waals surface area contributed by atoms with Crippen LogP contribution >= 0.6 is 23.4 Å². The van der Waals surface area contributed by atoms with Gasteiger partial charge in [0.05, 0.1) is 22.6 Å². The lowest BCUT2D eigenvalue weighted by Gasteiger charge is -2.08. The Morgan fingerprint density at radius 3 is 2.90 bits per heavy atom. The Labute approximate surface area is 176 Å². The summed E-state index contributed by atoms with van der Waals surface area (Å²) in [6, 6.07) is 11.6. The first-order valence-electron chi connectivity index (χ1n) is 8.80. The number of hydrogen-bond acceptors (Lipinski definition) is 6. The number of rotatable bonds is 9. The number of amides is 1. The molecule has 0 fully saturated rings. The van der Waals surface area contributed by atoms with Crippen LogP contribution in [0.25, 0.3) is 11.0 Å². The van der Waals surface area contributed by atoms with Gasteiger partial charge in [-0.1, -0.05) is 35.5 Å². The summed E-state index contributed by atoms with van der Waals surface area (Å²) >= 11 is 7.50. The fraction of sp³-hybridized carbons (Fsp3) is 0.263. The number of carbonyl (C=O) groups is 1. The lowest BCUT2D eigenvalue weighted by atomic mass is 10.2. The minimum Gasteiger partial charge on any atom is -0.383 e. The van der Waals surface area contributed by atoms with Crippen LogP contribution in [0.4, 0.5) is 11.4 Å². The normalized spacial score (nSPS) is 11.0. The molecular weight excluding hydrogens is 416 g/mol. The summed E-state index contributed by atoms with van der Waals surface area (Å²) in [5.74, 6) is 0.172. The first-order chi connectivity index (χ1) is 14.0. The number of fused-ring (bicyclic) bond motifs is 1. The topological polar surface area (TPSA) is 99.3 Å². The van der Waals surface area contributed by atoms with Crippen molar-refractivity contribution in [2.45, 2.75) is 18.1 Å².